The number of anilines is 1. The molecule has 2 aromatic rings. The molecule has 1 aromatic heterocycles. The summed E-state index contributed by atoms with van der Waals surface area (Å²) in [6.45, 7) is 3.91. The molecule has 1 aromatic carbocycles. The predicted molar refractivity (Wildman–Crippen MR) is 76.4 cm³/mol. The number of rotatable bonds is 4. The van der Waals surface area contributed by atoms with Gasteiger partial charge < -0.3 is 10.1 Å². The van der Waals surface area contributed by atoms with Crippen molar-refractivity contribution in [3.8, 4) is 11.6 Å². The van der Waals surface area contributed by atoms with Crippen molar-refractivity contribution in [2.24, 2.45) is 0 Å². The quantitative estimate of drug-likeness (QED) is 0.682. The first-order valence-electron chi connectivity index (χ1n) is 6.09. The molecule has 0 aliphatic carbocycles. The molecule has 6 heteroatoms. The van der Waals surface area contributed by atoms with Gasteiger partial charge in [-0.3, -0.25) is 10.1 Å². The Balaban J connectivity index is 2.40. The van der Waals surface area contributed by atoms with Crippen molar-refractivity contribution in [1.29, 1.82) is 0 Å². The lowest BCUT2D eigenvalue weighted by Gasteiger charge is -2.10. The van der Waals surface area contributed by atoms with Gasteiger partial charge in [0.15, 0.2) is 0 Å². The van der Waals surface area contributed by atoms with Crippen molar-refractivity contribution < 1.29 is 9.66 Å². The average Bonchev–Trinajstić information content (AvgIpc) is 2.43. The van der Waals surface area contributed by atoms with Gasteiger partial charge in [-0.25, -0.2) is 0 Å². The number of pyridine rings is 1. The van der Waals surface area contributed by atoms with Crippen molar-refractivity contribution in [2.45, 2.75) is 13.8 Å². The number of hydrogen-bond donors (Lipinski definition) is 1. The van der Waals surface area contributed by atoms with Gasteiger partial charge in [0.2, 0.25) is 5.88 Å². The molecule has 0 saturated carbocycles. The molecule has 20 heavy (non-hydrogen) atoms. The van der Waals surface area contributed by atoms with Crippen molar-refractivity contribution in [1.82, 2.24) is 4.98 Å². The summed E-state index contributed by atoms with van der Waals surface area (Å²) < 4.78 is 5.67. The topological polar surface area (TPSA) is 77.3 Å². The van der Waals surface area contributed by atoms with E-state index in [4.69, 9.17) is 4.74 Å². The van der Waals surface area contributed by atoms with Crippen LogP contribution in [0.25, 0.3) is 0 Å². The first-order chi connectivity index (χ1) is 9.51. The maximum atomic E-state index is 10.9. The van der Waals surface area contributed by atoms with Gasteiger partial charge in [-0.1, -0.05) is 12.1 Å². The number of nitro groups is 1. The summed E-state index contributed by atoms with van der Waals surface area (Å²) in [7, 11) is 1.65. The third kappa shape index (κ3) is 2.85. The van der Waals surface area contributed by atoms with E-state index in [1.807, 2.05) is 32.0 Å². The van der Waals surface area contributed by atoms with Crippen molar-refractivity contribution >= 4 is 11.5 Å². The highest BCUT2D eigenvalue weighted by molar-refractivity contribution is 5.49. The molecular formula is C14H15N3O3. The van der Waals surface area contributed by atoms with E-state index in [-0.39, 0.29) is 11.6 Å². The number of nitrogens with one attached hydrogen (secondary N) is 1. The highest BCUT2D eigenvalue weighted by Gasteiger charge is 2.13. The lowest BCUT2D eigenvalue weighted by Crippen LogP contribution is -1.99. The van der Waals surface area contributed by atoms with Crippen molar-refractivity contribution in [3.63, 3.8) is 0 Å². The van der Waals surface area contributed by atoms with Gasteiger partial charge in [0, 0.05) is 7.05 Å². The molecular weight excluding hydrogens is 258 g/mol. The van der Waals surface area contributed by atoms with E-state index in [9.17, 15) is 10.1 Å². The fourth-order valence-electron chi connectivity index (χ4n) is 1.72. The molecule has 0 unspecified atom stereocenters. The van der Waals surface area contributed by atoms with Gasteiger partial charge in [0.1, 0.15) is 11.6 Å². The van der Waals surface area contributed by atoms with Gasteiger partial charge in [0.25, 0.3) is 5.69 Å². The van der Waals surface area contributed by atoms with E-state index in [0.717, 1.165) is 11.1 Å². The molecule has 0 amide bonds. The van der Waals surface area contributed by atoms with Crippen LogP contribution in [0.2, 0.25) is 0 Å². The van der Waals surface area contributed by atoms with Crippen LogP contribution in [0, 0.1) is 24.0 Å². The molecule has 0 fully saturated rings. The Labute approximate surface area is 116 Å². The van der Waals surface area contributed by atoms with E-state index >= 15 is 0 Å². The molecule has 0 saturated heterocycles. The molecule has 6 nitrogen and oxygen atoms in total. The Hall–Kier alpha value is -2.63. The number of benzene rings is 1. The zero-order chi connectivity index (χ0) is 14.7. The smallest absolute Gasteiger partial charge is 0.278 e. The Kier molecular flexibility index (Phi) is 3.84. The Bertz CT molecular complexity index is 656. The third-order valence-corrected chi connectivity index (χ3v) is 3.02. The van der Waals surface area contributed by atoms with Crippen LogP contribution >= 0.6 is 0 Å². The number of aryl methyl sites for hydroxylation is 1. The summed E-state index contributed by atoms with van der Waals surface area (Å²) in [5, 5.41) is 13.7. The van der Waals surface area contributed by atoms with Gasteiger partial charge in [-0.2, -0.15) is 4.98 Å². The Morgan fingerprint density at radius 1 is 1.30 bits per heavy atom. The normalized spacial score (nSPS) is 10.2. The third-order valence-electron chi connectivity index (χ3n) is 3.02. The van der Waals surface area contributed by atoms with E-state index in [2.05, 4.69) is 10.3 Å². The minimum Gasteiger partial charge on any atom is -0.438 e. The zero-order valence-corrected chi connectivity index (χ0v) is 11.5. The molecule has 0 spiro atoms. The maximum absolute atomic E-state index is 10.9. The van der Waals surface area contributed by atoms with Gasteiger partial charge in [-0.15, -0.1) is 0 Å². The van der Waals surface area contributed by atoms with Crippen molar-refractivity contribution in [3.05, 3.63) is 51.6 Å². The first-order valence-corrected chi connectivity index (χ1v) is 6.09. The number of ether oxygens (including phenoxy) is 1. The number of aromatic nitrogens is 1. The maximum Gasteiger partial charge on any atom is 0.278 e. The van der Waals surface area contributed by atoms with E-state index < -0.39 is 4.92 Å². The van der Waals surface area contributed by atoms with E-state index in [1.54, 1.807) is 7.05 Å². The van der Waals surface area contributed by atoms with Gasteiger partial charge in [0.05, 0.1) is 17.1 Å². The zero-order valence-electron chi connectivity index (χ0n) is 11.5. The van der Waals surface area contributed by atoms with Crippen LogP contribution in [0.3, 0.4) is 0 Å². The first kappa shape index (κ1) is 13.8. The fourth-order valence-corrected chi connectivity index (χ4v) is 1.72. The molecule has 1 heterocycles. The average molecular weight is 273 g/mol. The fraction of sp³-hybridized carbons (Fsp3) is 0.214. The second-order valence-corrected chi connectivity index (χ2v) is 4.36. The van der Waals surface area contributed by atoms with Crippen LogP contribution in [0.15, 0.2) is 30.3 Å². The predicted octanol–water partition coefficient (Wildman–Crippen LogP) is 3.44. The van der Waals surface area contributed by atoms with Crippen LogP contribution in [-0.2, 0) is 0 Å². The molecule has 0 atom stereocenters. The summed E-state index contributed by atoms with van der Waals surface area (Å²) in [4.78, 5) is 14.6. The second-order valence-electron chi connectivity index (χ2n) is 4.36. The molecule has 104 valence electrons. The highest BCUT2D eigenvalue weighted by Crippen LogP contribution is 2.29. The number of hydrogen-bond acceptors (Lipinski definition) is 5. The minimum atomic E-state index is -0.474. The lowest BCUT2D eigenvalue weighted by atomic mass is 10.1. The van der Waals surface area contributed by atoms with Crippen LogP contribution < -0.4 is 10.1 Å². The molecule has 0 bridgehead atoms. The molecule has 2 rings (SSSR count). The molecule has 0 aliphatic heterocycles. The summed E-state index contributed by atoms with van der Waals surface area (Å²) in [6, 6.07) is 8.32. The second kappa shape index (κ2) is 5.56. The summed E-state index contributed by atoms with van der Waals surface area (Å²) in [6.07, 6.45) is 0. The molecule has 0 radical (unpaired) electrons. The lowest BCUT2D eigenvalue weighted by molar-refractivity contribution is -0.384. The van der Waals surface area contributed by atoms with Gasteiger partial charge >= 0.3 is 0 Å². The van der Waals surface area contributed by atoms with Crippen LogP contribution in [0.4, 0.5) is 11.5 Å². The minimum absolute atomic E-state index is 0.0651. The monoisotopic (exact) mass is 273 g/mol. The van der Waals surface area contributed by atoms with Crippen LogP contribution in [0.5, 0.6) is 11.6 Å². The Morgan fingerprint density at radius 3 is 2.70 bits per heavy atom. The molecule has 1 N–H and O–H groups in total. The van der Waals surface area contributed by atoms with E-state index in [0.29, 0.717) is 11.6 Å². The summed E-state index contributed by atoms with van der Waals surface area (Å²) in [5.41, 5.74) is 2.00. The highest BCUT2D eigenvalue weighted by atomic mass is 16.6. The van der Waals surface area contributed by atoms with Crippen LogP contribution in [0.1, 0.15) is 11.1 Å². The summed E-state index contributed by atoms with van der Waals surface area (Å²) >= 11 is 0. The van der Waals surface area contributed by atoms with E-state index in [1.165, 1.54) is 12.1 Å². The van der Waals surface area contributed by atoms with Gasteiger partial charge in [-0.05, 0) is 31.0 Å². The SMILES string of the molecule is CNc1cc([N+](=O)[O-])cc(Oc2cccc(C)c2C)n1. The Morgan fingerprint density at radius 2 is 2.05 bits per heavy atom. The number of nitrogens with zero attached hydrogens (tertiary/aromatic N) is 2. The molecule has 0 aliphatic rings. The standard InChI is InChI=1S/C14H15N3O3/c1-9-5-4-6-12(10(9)2)20-14-8-11(17(18)19)7-13(15-3)16-14/h4-8H,1-3H3,(H,15,16). The van der Waals surface area contributed by atoms with Crippen LogP contribution in [-0.4, -0.2) is 17.0 Å². The largest absolute Gasteiger partial charge is 0.438 e. The summed E-state index contributed by atoms with van der Waals surface area (Å²) in [5.74, 6) is 1.22. The van der Waals surface area contributed by atoms with Crippen molar-refractivity contribution in [2.75, 3.05) is 12.4 Å².